The molecule has 3 N–H and O–H groups in total. The standard InChI is InChI=1S/C18H19F2N7O4/c19-18(20)3-10(4-18)2-15(29)21-5-11-1-14-24-12(8-27(14)23-6-11)7-22-17(30)16-13(9-28)25-31-26-16/h1,6,8,10,28H,2-5,7,9H2,(H,21,29)(H,22,30). The summed E-state index contributed by atoms with van der Waals surface area (Å²) in [4.78, 5) is 28.4. The van der Waals surface area contributed by atoms with Crippen LogP contribution in [0.1, 0.15) is 46.7 Å². The van der Waals surface area contributed by atoms with Crippen molar-refractivity contribution < 1.29 is 28.1 Å². The Bertz CT molecular complexity index is 1110. The molecule has 31 heavy (non-hydrogen) atoms. The zero-order valence-corrected chi connectivity index (χ0v) is 16.2. The van der Waals surface area contributed by atoms with Crippen LogP contribution in [0.4, 0.5) is 8.78 Å². The molecule has 0 radical (unpaired) electrons. The topological polar surface area (TPSA) is 148 Å². The summed E-state index contributed by atoms with van der Waals surface area (Å²) < 4.78 is 31.7. The van der Waals surface area contributed by atoms with Gasteiger partial charge in [-0.15, -0.1) is 0 Å². The first kappa shape index (κ1) is 20.8. The molecule has 0 atom stereocenters. The number of nitrogens with zero attached hydrogens (tertiary/aromatic N) is 5. The molecule has 0 aliphatic heterocycles. The van der Waals surface area contributed by atoms with E-state index < -0.39 is 18.4 Å². The van der Waals surface area contributed by atoms with Crippen LogP contribution in [0.2, 0.25) is 0 Å². The van der Waals surface area contributed by atoms with E-state index in [0.29, 0.717) is 16.9 Å². The number of aliphatic hydroxyl groups is 1. The highest BCUT2D eigenvalue weighted by Crippen LogP contribution is 2.43. The molecular formula is C18H19F2N7O4. The summed E-state index contributed by atoms with van der Waals surface area (Å²) in [6.45, 7) is -0.192. The quantitative estimate of drug-likeness (QED) is 0.466. The second-order valence-corrected chi connectivity index (χ2v) is 7.41. The molecule has 13 heteroatoms. The lowest BCUT2D eigenvalue weighted by Crippen LogP contribution is -2.38. The number of nitrogens with one attached hydrogen (secondary N) is 2. The summed E-state index contributed by atoms with van der Waals surface area (Å²) in [5, 5.41) is 25.5. The van der Waals surface area contributed by atoms with Gasteiger partial charge in [0, 0.05) is 25.8 Å². The van der Waals surface area contributed by atoms with Gasteiger partial charge in [0.05, 0.1) is 31.2 Å². The highest BCUT2D eigenvalue weighted by Gasteiger charge is 2.45. The number of amides is 2. The number of imidazole rings is 1. The maximum absolute atomic E-state index is 12.9. The van der Waals surface area contributed by atoms with Crippen molar-refractivity contribution in [2.45, 2.75) is 44.9 Å². The Morgan fingerprint density at radius 1 is 1.26 bits per heavy atom. The SMILES string of the molecule is O=C(CC1CC(F)(F)C1)NCc1cnn2cc(CNC(=O)c3nonc3CO)nc2c1. The highest BCUT2D eigenvalue weighted by atomic mass is 19.3. The second-order valence-electron chi connectivity index (χ2n) is 7.41. The summed E-state index contributed by atoms with van der Waals surface area (Å²) in [6, 6.07) is 1.72. The number of aromatic nitrogens is 5. The van der Waals surface area contributed by atoms with Crippen LogP contribution in [0.5, 0.6) is 0 Å². The van der Waals surface area contributed by atoms with Gasteiger partial charge in [-0.05, 0) is 22.7 Å². The van der Waals surface area contributed by atoms with E-state index in [9.17, 15) is 18.4 Å². The van der Waals surface area contributed by atoms with Crippen LogP contribution >= 0.6 is 0 Å². The van der Waals surface area contributed by atoms with E-state index in [-0.39, 0.29) is 55.6 Å². The fourth-order valence-corrected chi connectivity index (χ4v) is 3.35. The Morgan fingerprint density at radius 3 is 2.81 bits per heavy atom. The van der Waals surface area contributed by atoms with E-state index in [1.54, 1.807) is 18.5 Å². The third-order valence-corrected chi connectivity index (χ3v) is 4.92. The molecule has 3 aromatic rings. The van der Waals surface area contributed by atoms with Crippen LogP contribution in [-0.2, 0) is 24.5 Å². The minimum atomic E-state index is -2.63. The van der Waals surface area contributed by atoms with Gasteiger partial charge in [-0.3, -0.25) is 9.59 Å². The second kappa shape index (κ2) is 8.34. The summed E-state index contributed by atoms with van der Waals surface area (Å²) >= 11 is 0. The smallest absolute Gasteiger partial charge is 0.275 e. The summed E-state index contributed by atoms with van der Waals surface area (Å²) in [5.41, 5.74) is 1.66. The summed E-state index contributed by atoms with van der Waals surface area (Å²) in [7, 11) is 0. The number of carbonyl (C=O) groups excluding carboxylic acids is 2. The Morgan fingerprint density at radius 2 is 2.06 bits per heavy atom. The zero-order valence-electron chi connectivity index (χ0n) is 16.2. The molecule has 0 spiro atoms. The van der Waals surface area contributed by atoms with Gasteiger partial charge < -0.3 is 15.7 Å². The van der Waals surface area contributed by atoms with Gasteiger partial charge in [0.15, 0.2) is 11.3 Å². The zero-order chi connectivity index (χ0) is 22.0. The monoisotopic (exact) mass is 435 g/mol. The number of carbonyl (C=O) groups is 2. The predicted octanol–water partition coefficient (Wildman–Crippen LogP) is 0.586. The lowest BCUT2D eigenvalue weighted by molar-refractivity contribution is -0.133. The predicted molar refractivity (Wildman–Crippen MR) is 98.5 cm³/mol. The van der Waals surface area contributed by atoms with E-state index in [1.807, 2.05) is 0 Å². The number of hydrogen-bond donors (Lipinski definition) is 3. The number of halogens is 2. The maximum atomic E-state index is 12.9. The van der Waals surface area contributed by atoms with Gasteiger partial charge in [-0.25, -0.2) is 22.9 Å². The molecule has 0 bridgehead atoms. The van der Waals surface area contributed by atoms with E-state index in [0.717, 1.165) is 0 Å². The minimum Gasteiger partial charge on any atom is -0.390 e. The van der Waals surface area contributed by atoms with Crippen LogP contribution in [0.15, 0.2) is 23.1 Å². The molecule has 1 aliphatic carbocycles. The average Bonchev–Trinajstić information content (AvgIpc) is 3.35. The fourth-order valence-electron chi connectivity index (χ4n) is 3.35. The Balaban J connectivity index is 1.30. The number of alkyl halides is 2. The Kier molecular flexibility index (Phi) is 5.59. The molecule has 0 unspecified atom stereocenters. The van der Waals surface area contributed by atoms with Crippen molar-refractivity contribution in [1.29, 1.82) is 0 Å². The molecule has 2 amide bonds. The Hall–Kier alpha value is -3.48. The number of hydrogen-bond acceptors (Lipinski definition) is 8. The highest BCUT2D eigenvalue weighted by molar-refractivity contribution is 5.92. The van der Waals surface area contributed by atoms with Gasteiger partial charge in [-0.2, -0.15) is 5.10 Å². The molecule has 4 rings (SSSR count). The first-order valence-electron chi connectivity index (χ1n) is 9.51. The third kappa shape index (κ3) is 4.82. The molecule has 3 heterocycles. The van der Waals surface area contributed by atoms with Gasteiger partial charge in [-0.1, -0.05) is 5.16 Å². The van der Waals surface area contributed by atoms with Crippen LogP contribution < -0.4 is 10.6 Å². The van der Waals surface area contributed by atoms with E-state index in [1.165, 1.54) is 4.52 Å². The van der Waals surface area contributed by atoms with E-state index >= 15 is 0 Å². The molecule has 3 aromatic heterocycles. The number of fused-ring (bicyclic) bond motifs is 1. The molecule has 1 aliphatic rings. The largest absolute Gasteiger partial charge is 0.390 e. The van der Waals surface area contributed by atoms with E-state index in [4.69, 9.17) is 5.11 Å². The number of rotatable bonds is 8. The molecule has 11 nitrogen and oxygen atoms in total. The summed E-state index contributed by atoms with van der Waals surface area (Å²) in [5.74, 6) is -3.76. The third-order valence-electron chi connectivity index (χ3n) is 4.92. The van der Waals surface area contributed by atoms with Gasteiger partial charge in [0.1, 0.15) is 5.69 Å². The van der Waals surface area contributed by atoms with Crippen molar-refractivity contribution in [1.82, 2.24) is 35.5 Å². The Labute approximate surface area is 173 Å². The van der Waals surface area contributed by atoms with Crippen molar-refractivity contribution >= 4 is 17.5 Å². The minimum absolute atomic E-state index is 0.0341. The lowest BCUT2D eigenvalue weighted by Gasteiger charge is -2.34. The van der Waals surface area contributed by atoms with Crippen LogP contribution in [0.3, 0.4) is 0 Å². The first-order valence-corrected chi connectivity index (χ1v) is 9.51. The van der Waals surface area contributed by atoms with Crippen molar-refractivity contribution in [3.63, 3.8) is 0 Å². The molecule has 0 saturated heterocycles. The molecular weight excluding hydrogens is 416 g/mol. The van der Waals surface area contributed by atoms with Crippen LogP contribution in [-0.4, -0.2) is 47.8 Å². The average molecular weight is 435 g/mol. The molecule has 0 aromatic carbocycles. The molecule has 1 fully saturated rings. The van der Waals surface area contributed by atoms with Crippen molar-refractivity contribution in [2.24, 2.45) is 5.92 Å². The normalized spacial score (nSPS) is 15.6. The van der Waals surface area contributed by atoms with Crippen LogP contribution in [0.25, 0.3) is 5.65 Å². The maximum Gasteiger partial charge on any atom is 0.275 e. The van der Waals surface area contributed by atoms with Gasteiger partial charge in [0.25, 0.3) is 5.91 Å². The molecule has 164 valence electrons. The first-order chi connectivity index (χ1) is 14.8. The van der Waals surface area contributed by atoms with Crippen molar-refractivity contribution in [3.05, 3.63) is 41.1 Å². The van der Waals surface area contributed by atoms with Crippen molar-refractivity contribution in [2.75, 3.05) is 0 Å². The fraction of sp³-hybridized carbons (Fsp3) is 0.444. The van der Waals surface area contributed by atoms with E-state index in [2.05, 4.69) is 35.7 Å². The lowest BCUT2D eigenvalue weighted by atomic mass is 9.79. The van der Waals surface area contributed by atoms with Gasteiger partial charge in [0.2, 0.25) is 11.8 Å². The summed E-state index contributed by atoms with van der Waals surface area (Å²) in [6.07, 6.45) is 2.79. The number of aliphatic hydroxyl groups excluding tert-OH is 1. The van der Waals surface area contributed by atoms with Gasteiger partial charge >= 0.3 is 0 Å². The molecule has 1 saturated carbocycles. The van der Waals surface area contributed by atoms with Crippen molar-refractivity contribution in [3.8, 4) is 0 Å². The van der Waals surface area contributed by atoms with Crippen LogP contribution in [0, 0.1) is 5.92 Å².